The van der Waals surface area contributed by atoms with Crippen molar-refractivity contribution in [2.24, 2.45) is 5.92 Å². The van der Waals surface area contributed by atoms with Crippen molar-refractivity contribution in [1.82, 2.24) is 15.2 Å². The zero-order chi connectivity index (χ0) is 14.5. The van der Waals surface area contributed by atoms with Crippen LogP contribution in [0.25, 0.3) is 0 Å². The normalized spacial score (nSPS) is 18.6. The molecule has 20 heavy (non-hydrogen) atoms. The highest BCUT2D eigenvalue weighted by molar-refractivity contribution is 9.10. The summed E-state index contributed by atoms with van der Waals surface area (Å²) in [4.78, 5) is 28.5. The fourth-order valence-electron chi connectivity index (χ4n) is 2.24. The number of nitrogens with one attached hydrogen (secondary N) is 1. The van der Waals surface area contributed by atoms with Crippen molar-refractivity contribution in [3.8, 4) is 0 Å². The Hall–Kier alpha value is -1.63. The minimum atomic E-state index is -0.962. The summed E-state index contributed by atoms with van der Waals surface area (Å²) >= 11 is 3.27. The zero-order valence-electron chi connectivity index (χ0n) is 10.9. The average Bonchev–Trinajstić information content (AvgIpc) is 2.45. The van der Waals surface area contributed by atoms with Crippen molar-refractivity contribution >= 4 is 27.9 Å². The number of carbonyl (C=O) groups excluding carboxylic acids is 1. The van der Waals surface area contributed by atoms with E-state index in [9.17, 15) is 9.59 Å². The molecular weight excluding hydrogens is 326 g/mol. The smallest absolute Gasteiger partial charge is 0.407 e. The number of likely N-dealkylation sites (tertiary alicyclic amines) is 1. The number of carboxylic acid groups (broad SMARTS) is 1. The summed E-state index contributed by atoms with van der Waals surface area (Å²) in [6, 6.07) is 5.50. The van der Waals surface area contributed by atoms with Gasteiger partial charge in [-0.3, -0.25) is 4.79 Å². The molecule has 0 bridgehead atoms. The van der Waals surface area contributed by atoms with Crippen molar-refractivity contribution in [3.63, 3.8) is 0 Å². The molecule has 0 radical (unpaired) electrons. The quantitative estimate of drug-likeness (QED) is 0.822. The summed E-state index contributed by atoms with van der Waals surface area (Å²) < 4.78 is 0.721. The van der Waals surface area contributed by atoms with Crippen molar-refractivity contribution in [2.45, 2.75) is 19.4 Å². The molecule has 1 aliphatic heterocycles. The van der Waals surface area contributed by atoms with E-state index >= 15 is 0 Å². The summed E-state index contributed by atoms with van der Waals surface area (Å²) in [7, 11) is 0. The number of halogens is 1. The van der Waals surface area contributed by atoms with Gasteiger partial charge in [-0.2, -0.15) is 0 Å². The maximum atomic E-state index is 12.1. The molecule has 0 aliphatic carbocycles. The number of hydrogen-bond donors (Lipinski definition) is 2. The van der Waals surface area contributed by atoms with Gasteiger partial charge in [-0.05, 0) is 40.9 Å². The largest absolute Gasteiger partial charge is 0.465 e. The van der Waals surface area contributed by atoms with E-state index in [1.165, 1.54) is 4.90 Å². The fourth-order valence-corrected chi connectivity index (χ4v) is 2.62. The van der Waals surface area contributed by atoms with Crippen LogP contribution in [0, 0.1) is 5.92 Å². The van der Waals surface area contributed by atoms with E-state index in [-0.39, 0.29) is 18.4 Å². The van der Waals surface area contributed by atoms with Gasteiger partial charge in [-0.25, -0.2) is 9.78 Å². The number of hydrogen-bond acceptors (Lipinski definition) is 3. The Bertz CT molecular complexity index is 509. The summed E-state index contributed by atoms with van der Waals surface area (Å²) in [5, 5.41) is 11.8. The SMILES string of the molecule is O=C(NCc1cccc(Br)n1)[C@@H]1CCCN(C(=O)O)C1. The van der Waals surface area contributed by atoms with Gasteiger partial charge in [0.05, 0.1) is 18.2 Å². The van der Waals surface area contributed by atoms with Crippen LogP contribution < -0.4 is 5.32 Å². The molecular formula is C13H16BrN3O3. The van der Waals surface area contributed by atoms with E-state index < -0.39 is 6.09 Å². The van der Waals surface area contributed by atoms with Crippen LogP contribution in [-0.4, -0.2) is 40.1 Å². The lowest BCUT2D eigenvalue weighted by Crippen LogP contribution is -2.44. The van der Waals surface area contributed by atoms with E-state index in [1.54, 1.807) is 0 Å². The molecule has 1 saturated heterocycles. The minimum absolute atomic E-state index is 0.113. The molecule has 7 heteroatoms. The summed E-state index contributed by atoms with van der Waals surface area (Å²) in [6.45, 7) is 1.13. The first-order valence-electron chi connectivity index (χ1n) is 6.43. The standard InChI is InChI=1S/C13H16BrN3O3/c14-11-5-1-4-10(16-11)7-15-12(18)9-3-2-6-17(8-9)13(19)20/h1,4-5,9H,2-3,6-8H2,(H,15,18)(H,19,20)/t9-/m1/s1. The van der Waals surface area contributed by atoms with Gasteiger partial charge in [0, 0.05) is 13.1 Å². The Balaban J connectivity index is 1.87. The molecule has 0 saturated carbocycles. The molecule has 1 aromatic rings. The van der Waals surface area contributed by atoms with Crippen LogP contribution in [0.3, 0.4) is 0 Å². The molecule has 1 atom stereocenters. The van der Waals surface area contributed by atoms with Crippen molar-refractivity contribution in [1.29, 1.82) is 0 Å². The first-order chi connectivity index (χ1) is 9.56. The minimum Gasteiger partial charge on any atom is -0.465 e. The summed E-state index contributed by atoms with van der Waals surface area (Å²) in [5.74, 6) is -0.385. The third kappa shape index (κ3) is 3.93. The lowest BCUT2D eigenvalue weighted by Gasteiger charge is -2.29. The highest BCUT2D eigenvalue weighted by atomic mass is 79.9. The first-order valence-corrected chi connectivity index (χ1v) is 7.22. The third-order valence-corrected chi connectivity index (χ3v) is 3.72. The van der Waals surface area contributed by atoms with Gasteiger partial charge < -0.3 is 15.3 Å². The Kier molecular flexibility index (Phi) is 4.94. The number of pyridine rings is 1. The highest BCUT2D eigenvalue weighted by Gasteiger charge is 2.27. The van der Waals surface area contributed by atoms with Crippen LogP contribution in [0.5, 0.6) is 0 Å². The summed E-state index contributed by atoms with van der Waals surface area (Å²) in [6.07, 6.45) is 0.484. The second-order valence-electron chi connectivity index (χ2n) is 4.74. The Labute approximate surface area is 125 Å². The molecule has 1 aliphatic rings. The van der Waals surface area contributed by atoms with Crippen LogP contribution in [0.4, 0.5) is 4.79 Å². The van der Waals surface area contributed by atoms with Gasteiger partial charge >= 0.3 is 6.09 Å². The average molecular weight is 342 g/mol. The van der Waals surface area contributed by atoms with E-state index in [1.807, 2.05) is 18.2 Å². The van der Waals surface area contributed by atoms with E-state index in [4.69, 9.17) is 5.11 Å². The van der Waals surface area contributed by atoms with Gasteiger partial charge in [0.15, 0.2) is 0 Å². The molecule has 108 valence electrons. The third-order valence-electron chi connectivity index (χ3n) is 3.28. The van der Waals surface area contributed by atoms with Crippen LogP contribution in [0.2, 0.25) is 0 Å². The van der Waals surface area contributed by atoms with E-state index in [0.29, 0.717) is 13.1 Å². The molecule has 0 spiro atoms. The first kappa shape index (κ1) is 14.8. The van der Waals surface area contributed by atoms with E-state index in [0.717, 1.165) is 23.1 Å². The Morgan fingerprint density at radius 1 is 1.50 bits per heavy atom. The van der Waals surface area contributed by atoms with Crippen LogP contribution in [-0.2, 0) is 11.3 Å². The monoisotopic (exact) mass is 341 g/mol. The zero-order valence-corrected chi connectivity index (χ0v) is 12.5. The molecule has 2 heterocycles. The van der Waals surface area contributed by atoms with E-state index in [2.05, 4.69) is 26.2 Å². The maximum Gasteiger partial charge on any atom is 0.407 e. The topological polar surface area (TPSA) is 82.5 Å². The second-order valence-corrected chi connectivity index (χ2v) is 5.55. The van der Waals surface area contributed by atoms with Crippen LogP contribution in [0.1, 0.15) is 18.5 Å². The van der Waals surface area contributed by atoms with Crippen LogP contribution >= 0.6 is 15.9 Å². The molecule has 0 unspecified atom stereocenters. The molecule has 1 fully saturated rings. The lowest BCUT2D eigenvalue weighted by molar-refractivity contribution is -0.126. The van der Waals surface area contributed by atoms with Gasteiger partial charge in [0.1, 0.15) is 4.60 Å². The molecule has 6 nitrogen and oxygen atoms in total. The highest BCUT2D eigenvalue weighted by Crippen LogP contribution is 2.17. The Morgan fingerprint density at radius 3 is 3.00 bits per heavy atom. The molecule has 2 N–H and O–H groups in total. The fraction of sp³-hybridized carbons (Fsp3) is 0.462. The number of aromatic nitrogens is 1. The molecule has 2 amide bonds. The van der Waals surface area contributed by atoms with Gasteiger partial charge in [0.2, 0.25) is 5.91 Å². The Morgan fingerprint density at radius 2 is 2.30 bits per heavy atom. The van der Waals surface area contributed by atoms with Crippen molar-refractivity contribution in [3.05, 3.63) is 28.5 Å². The molecule has 0 aromatic carbocycles. The number of amides is 2. The van der Waals surface area contributed by atoms with Crippen molar-refractivity contribution in [2.75, 3.05) is 13.1 Å². The number of piperidine rings is 1. The second kappa shape index (κ2) is 6.69. The molecule has 1 aromatic heterocycles. The van der Waals surface area contributed by atoms with Gasteiger partial charge in [-0.1, -0.05) is 6.07 Å². The van der Waals surface area contributed by atoms with Crippen LogP contribution in [0.15, 0.2) is 22.8 Å². The van der Waals surface area contributed by atoms with Crippen molar-refractivity contribution < 1.29 is 14.7 Å². The number of rotatable bonds is 3. The number of nitrogens with zero attached hydrogens (tertiary/aromatic N) is 2. The number of carbonyl (C=O) groups is 2. The molecule has 2 rings (SSSR count). The maximum absolute atomic E-state index is 12.1. The lowest BCUT2D eigenvalue weighted by atomic mass is 9.97. The van der Waals surface area contributed by atoms with Gasteiger partial charge in [0.25, 0.3) is 0 Å². The predicted octanol–water partition coefficient (Wildman–Crippen LogP) is 1.85. The predicted molar refractivity (Wildman–Crippen MR) is 76.1 cm³/mol. The summed E-state index contributed by atoms with van der Waals surface area (Å²) in [5.41, 5.74) is 0.763. The van der Waals surface area contributed by atoms with Gasteiger partial charge in [-0.15, -0.1) is 0 Å².